The lowest BCUT2D eigenvalue weighted by molar-refractivity contribution is 0.113. The quantitative estimate of drug-likeness (QED) is 0.468. The number of amidine groups is 1. The van der Waals surface area contributed by atoms with Gasteiger partial charge in [0.2, 0.25) is 0 Å². The summed E-state index contributed by atoms with van der Waals surface area (Å²) in [5.74, 6) is 0.698. The molecular weight excluding hydrogens is 128 g/mol. The summed E-state index contributed by atoms with van der Waals surface area (Å²) in [7, 11) is 3.40. The highest BCUT2D eigenvalue weighted by atomic mass is 16.5. The first kappa shape index (κ1) is 9.43. The van der Waals surface area contributed by atoms with Crippen LogP contribution in [0.2, 0.25) is 0 Å². The van der Waals surface area contributed by atoms with Crippen molar-refractivity contribution in [3.05, 3.63) is 0 Å². The molecule has 3 heteroatoms. The molecule has 0 aliphatic heterocycles. The standard InChI is InChI=1S/C7H16N2O/c1-6(10-3)4-5-7(8)9-2/h6H,4-5H2,1-3H3,(H2,8,9). The number of hydrogen-bond acceptors (Lipinski definition) is 2. The Morgan fingerprint density at radius 1 is 1.70 bits per heavy atom. The Bertz CT molecular complexity index is 112. The molecule has 0 amide bonds. The van der Waals surface area contributed by atoms with Crippen molar-refractivity contribution in [1.82, 2.24) is 0 Å². The number of ether oxygens (including phenoxy) is 1. The Morgan fingerprint density at radius 3 is 2.70 bits per heavy atom. The molecule has 0 aromatic carbocycles. The SMILES string of the molecule is CN=C(N)CCC(C)OC. The lowest BCUT2D eigenvalue weighted by atomic mass is 10.2. The van der Waals surface area contributed by atoms with Crippen LogP contribution in [0.3, 0.4) is 0 Å². The number of aliphatic imine (C=N–C) groups is 1. The van der Waals surface area contributed by atoms with Crippen LogP contribution in [0.4, 0.5) is 0 Å². The molecule has 0 bridgehead atoms. The van der Waals surface area contributed by atoms with Crippen LogP contribution in [0.25, 0.3) is 0 Å². The van der Waals surface area contributed by atoms with Gasteiger partial charge in [0.1, 0.15) is 0 Å². The molecule has 0 aliphatic rings. The van der Waals surface area contributed by atoms with Crippen molar-refractivity contribution >= 4 is 5.84 Å². The molecule has 0 radical (unpaired) electrons. The third-order valence-corrected chi connectivity index (χ3v) is 1.50. The van der Waals surface area contributed by atoms with Gasteiger partial charge in [0.15, 0.2) is 0 Å². The smallest absolute Gasteiger partial charge is 0.0934 e. The van der Waals surface area contributed by atoms with E-state index in [1.165, 1.54) is 0 Å². The lowest BCUT2D eigenvalue weighted by Gasteiger charge is -2.07. The van der Waals surface area contributed by atoms with E-state index in [2.05, 4.69) is 4.99 Å². The van der Waals surface area contributed by atoms with E-state index in [0.29, 0.717) is 5.84 Å². The van der Waals surface area contributed by atoms with Gasteiger partial charge in [-0.05, 0) is 13.3 Å². The van der Waals surface area contributed by atoms with Crippen LogP contribution in [-0.2, 0) is 4.74 Å². The molecule has 0 aromatic rings. The molecule has 0 saturated carbocycles. The maximum absolute atomic E-state index is 5.47. The van der Waals surface area contributed by atoms with Crippen LogP contribution in [0, 0.1) is 0 Å². The summed E-state index contributed by atoms with van der Waals surface area (Å²) < 4.78 is 5.03. The summed E-state index contributed by atoms with van der Waals surface area (Å²) in [6.07, 6.45) is 2.05. The number of nitrogens with zero attached hydrogens (tertiary/aromatic N) is 1. The van der Waals surface area contributed by atoms with E-state index in [1.807, 2.05) is 6.92 Å². The van der Waals surface area contributed by atoms with E-state index in [9.17, 15) is 0 Å². The van der Waals surface area contributed by atoms with Gasteiger partial charge in [-0.15, -0.1) is 0 Å². The summed E-state index contributed by atoms with van der Waals surface area (Å²) in [5.41, 5.74) is 5.47. The average Bonchev–Trinajstić information content (AvgIpc) is 1.99. The van der Waals surface area contributed by atoms with Crippen molar-refractivity contribution in [2.24, 2.45) is 10.7 Å². The molecule has 1 unspecified atom stereocenters. The molecule has 2 N–H and O–H groups in total. The molecule has 0 fully saturated rings. The predicted molar refractivity (Wildman–Crippen MR) is 43.3 cm³/mol. The van der Waals surface area contributed by atoms with Crippen molar-refractivity contribution in [2.75, 3.05) is 14.2 Å². The van der Waals surface area contributed by atoms with Gasteiger partial charge in [-0.2, -0.15) is 0 Å². The molecule has 0 spiro atoms. The largest absolute Gasteiger partial charge is 0.387 e. The first-order valence-corrected chi connectivity index (χ1v) is 3.44. The monoisotopic (exact) mass is 144 g/mol. The summed E-state index contributed by atoms with van der Waals surface area (Å²) in [6, 6.07) is 0. The van der Waals surface area contributed by atoms with Gasteiger partial charge in [0, 0.05) is 20.6 Å². The second-order valence-corrected chi connectivity index (χ2v) is 2.30. The minimum atomic E-state index is 0.278. The van der Waals surface area contributed by atoms with Gasteiger partial charge in [-0.25, -0.2) is 0 Å². The van der Waals surface area contributed by atoms with Gasteiger partial charge >= 0.3 is 0 Å². The number of methoxy groups -OCH3 is 1. The Kier molecular flexibility index (Phi) is 4.94. The zero-order valence-corrected chi connectivity index (χ0v) is 6.92. The van der Waals surface area contributed by atoms with Gasteiger partial charge in [0.05, 0.1) is 11.9 Å². The Balaban J connectivity index is 3.35. The number of hydrogen-bond donors (Lipinski definition) is 1. The van der Waals surface area contributed by atoms with Gasteiger partial charge in [-0.1, -0.05) is 0 Å². The van der Waals surface area contributed by atoms with E-state index < -0.39 is 0 Å². The predicted octanol–water partition coefficient (Wildman–Crippen LogP) is 0.788. The zero-order valence-electron chi connectivity index (χ0n) is 6.92. The van der Waals surface area contributed by atoms with E-state index in [1.54, 1.807) is 14.2 Å². The van der Waals surface area contributed by atoms with Crippen LogP contribution in [0.15, 0.2) is 4.99 Å². The molecular formula is C7H16N2O. The van der Waals surface area contributed by atoms with E-state index in [-0.39, 0.29) is 6.10 Å². The van der Waals surface area contributed by atoms with Gasteiger partial charge < -0.3 is 10.5 Å². The van der Waals surface area contributed by atoms with Gasteiger partial charge in [0.25, 0.3) is 0 Å². The van der Waals surface area contributed by atoms with Crippen molar-refractivity contribution < 1.29 is 4.74 Å². The van der Waals surface area contributed by atoms with Crippen LogP contribution in [0.1, 0.15) is 19.8 Å². The topological polar surface area (TPSA) is 47.6 Å². The van der Waals surface area contributed by atoms with Crippen molar-refractivity contribution in [3.8, 4) is 0 Å². The van der Waals surface area contributed by atoms with Crippen molar-refractivity contribution in [2.45, 2.75) is 25.9 Å². The number of rotatable bonds is 4. The third-order valence-electron chi connectivity index (χ3n) is 1.50. The third kappa shape index (κ3) is 4.32. The van der Waals surface area contributed by atoms with Gasteiger partial charge in [-0.3, -0.25) is 4.99 Å². The average molecular weight is 144 g/mol. The van der Waals surface area contributed by atoms with Crippen LogP contribution < -0.4 is 5.73 Å². The molecule has 3 nitrogen and oxygen atoms in total. The molecule has 0 rings (SSSR count). The second-order valence-electron chi connectivity index (χ2n) is 2.30. The highest BCUT2D eigenvalue weighted by molar-refractivity contribution is 5.80. The van der Waals surface area contributed by atoms with E-state index in [0.717, 1.165) is 12.8 Å². The zero-order chi connectivity index (χ0) is 7.98. The second kappa shape index (κ2) is 5.23. The summed E-state index contributed by atoms with van der Waals surface area (Å²) in [5, 5.41) is 0. The Labute approximate surface area is 62.3 Å². The van der Waals surface area contributed by atoms with E-state index in [4.69, 9.17) is 10.5 Å². The minimum Gasteiger partial charge on any atom is -0.387 e. The minimum absolute atomic E-state index is 0.278. The van der Waals surface area contributed by atoms with Crippen molar-refractivity contribution in [3.63, 3.8) is 0 Å². The first-order valence-electron chi connectivity index (χ1n) is 3.44. The summed E-state index contributed by atoms with van der Waals surface area (Å²) in [6.45, 7) is 2.02. The summed E-state index contributed by atoms with van der Waals surface area (Å²) >= 11 is 0. The molecule has 0 heterocycles. The molecule has 0 aliphatic carbocycles. The normalized spacial score (nSPS) is 15.3. The van der Waals surface area contributed by atoms with Crippen LogP contribution in [-0.4, -0.2) is 26.1 Å². The maximum atomic E-state index is 5.47. The Morgan fingerprint density at radius 2 is 2.30 bits per heavy atom. The maximum Gasteiger partial charge on any atom is 0.0934 e. The fraction of sp³-hybridized carbons (Fsp3) is 0.857. The fourth-order valence-corrected chi connectivity index (χ4v) is 0.581. The molecule has 10 heavy (non-hydrogen) atoms. The molecule has 0 aromatic heterocycles. The lowest BCUT2D eigenvalue weighted by Crippen LogP contribution is -2.15. The number of nitrogens with two attached hydrogens (primary N) is 1. The van der Waals surface area contributed by atoms with Crippen molar-refractivity contribution in [1.29, 1.82) is 0 Å². The molecule has 60 valence electrons. The fourth-order valence-electron chi connectivity index (χ4n) is 0.581. The molecule has 1 atom stereocenters. The Hall–Kier alpha value is -0.570. The van der Waals surface area contributed by atoms with E-state index >= 15 is 0 Å². The first-order chi connectivity index (χ1) is 4.70. The highest BCUT2D eigenvalue weighted by Gasteiger charge is 1.99. The van der Waals surface area contributed by atoms with Crippen LogP contribution in [0.5, 0.6) is 0 Å². The van der Waals surface area contributed by atoms with Crippen LogP contribution >= 0.6 is 0 Å². The molecule has 0 saturated heterocycles. The summed E-state index contributed by atoms with van der Waals surface area (Å²) in [4.78, 5) is 3.83. The highest BCUT2D eigenvalue weighted by Crippen LogP contribution is 1.98.